The molecule has 0 saturated heterocycles. The van der Waals surface area contributed by atoms with E-state index in [2.05, 4.69) is 0 Å². The quantitative estimate of drug-likeness (QED) is 0.809. The maximum atomic E-state index is 12.1. The van der Waals surface area contributed by atoms with Crippen molar-refractivity contribution in [1.82, 2.24) is 0 Å². The predicted octanol–water partition coefficient (Wildman–Crippen LogP) is 2.83. The first-order valence-corrected chi connectivity index (χ1v) is 6.67. The summed E-state index contributed by atoms with van der Waals surface area (Å²) in [5.74, 6) is 0.921. The van der Waals surface area contributed by atoms with Gasteiger partial charge >= 0.3 is 0 Å². The molecule has 4 nitrogen and oxygen atoms in total. The maximum Gasteiger partial charge on any atom is 0.203 e. The zero-order valence-electron chi connectivity index (χ0n) is 11.6. The molecule has 0 aliphatic carbocycles. The van der Waals surface area contributed by atoms with Gasteiger partial charge in [0, 0.05) is 11.6 Å². The van der Waals surface area contributed by atoms with Crippen molar-refractivity contribution in [2.24, 2.45) is 0 Å². The number of fused-ring (bicyclic) bond motifs is 1. The number of carbonyl (C=O) groups is 2. The fraction of sp³-hybridized carbons (Fsp3) is 0.176. The molecule has 0 saturated carbocycles. The molecule has 4 heteroatoms. The third-order valence-electron chi connectivity index (χ3n) is 3.43. The lowest BCUT2D eigenvalue weighted by molar-refractivity contribution is 0.0920. The third kappa shape index (κ3) is 2.65. The van der Waals surface area contributed by atoms with E-state index in [1.165, 1.54) is 0 Å². The number of hydrogen-bond donors (Lipinski definition) is 0. The number of ether oxygens (including phenoxy) is 2. The standard InChI is InChI=1S/C17H14O4/c1-11-4-2-3-5-13(11)15(18)9-20-12-6-7-14-16(19)10-21-17(14)8-12/h2-8H,9-10H2,1H3. The Hall–Kier alpha value is -2.62. The Balaban J connectivity index is 1.70. The average molecular weight is 282 g/mol. The van der Waals surface area contributed by atoms with Crippen LogP contribution >= 0.6 is 0 Å². The summed E-state index contributed by atoms with van der Waals surface area (Å²) in [6, 6.07) is 12.4. The second-order valence-electron chi connectivity index (χ2n) is 4.90. The van der Waals surface area contributed by atoms with Crippen molar-refractivity contribution in [2.45, 2.75) is 6.92 Å². The van der Waals surface area contributed by atoms with Crippen LogP contribution in [0.2, 0.25) is 0 Å². The highest BCUT2D eigenvalue weighted by molar-refractivity contribution is 6.02. The molecule has 1 aliphatic heterocycles. The van der Waals surface area contributed by atoms with Crippen LogP contribution in [-0.4, -0.2) is 24.8 Å². The molecule has 2 aromatic carbocycles. The minimum absolute atomic E-state index is 0.0347. The van der Waals surface area contributed by atoms with Crippen LogP contribution in [0.5, 0.6) is 11.5 Å². The first-order valence-electron chi connectivity index (χ1n) is 6.67. The summed E-state index contributed by atoms with van der Waals surface area (Å²) in [6.45, 7) is 1.92. The molecule has 0 bridgehead atoms. The highest BCUT2D eigenvalue weighted by Gasteiger charge is 2.21. The molecule has 0 radical (unpaired) electrons. The van der Waals surface area contributed by atoms with E-state index in [9.17, 15) is 9.59 Å². The lowest BCUT2D eigenvalue weighted by Gasteiger charge is -2.08. The summed E-state index contributed by atoms with van der Waals surface area (Å²) in [7, 11) is 0. The number of hydrogen-bond acceptors (Lipinski definition) is 4. The lowest BCUT2D eigenvalue weighted by Crippen LogP contribution is -2.12. The van der Waals surface area contributed by atoms with Gasteiger partial charge in [0.05, 0.1) is 5.56 Å². The molecule has 106 valence electrons. The van der Waals surface area contributed by atoms with E-state index < -0.39 is 0 Å². The van der Waals surface area contributed by atoms with Crippen molar-refractivity contribution in [3.63, 3.8) is 0 Å². The van der Waals surface area contributed by atoms with Crippen LogP contribution < -0.4 is 9.47 Å². The monoisotopic (exact) mass is 282 g/mol. The predicted molar refractivity (Wildman–Crippen MR) is 77.3 cm³/mol. The van der Waals surface area contributed by atoms with Crippen molar-refractivity contribution in [3.8, 4) is 11.5 Å². The molecule has 2 aromatic rings. The topological polar surface area (TPSA) is 52.6 Å². The van der Waals surface area contributed by atoms with Gasteiger partial charge in [-0.25, -0.2) is 0 Å². The molecule has 0 amide bonds. The molecule has 0 unspecified atom stereocenters. The zero-order chi connectivity index (χ0) is 14.8. The van der Waals surface area contributed by atoms with Gasteiger partial charge in [0.2, 0.25) is 5.78 Å². The lowest BCUT2D eigenvalue weighted by atomic mass is 10.1. The van der Waals surface area contributed by atoms with E-state index in [0.29, 0.717) is 22.6 Å². The number of Topliss-reactive ketones (excluding diaryl/α,β-unsaturated/α-hetero) is 2. The van der Waals surface area contributed by atoms with Crippen LogP contribution in [0.4, 0.5) is 0 Å². The molecule has 3 rings (SSSR count). The molecule has 0 N–H and O–H groups in total. The van der Waals surface area contributed by atoms with Crippen molar-refractivity contribution < 1.29 is 19.1 Å². The van der Waals surface area contributed by atoms with Gasteiger partial charge in [0.25, 0.3) is 0 Å². The van der Waals surface area contributed by atoms with Gasteiger partial charge in [-0.2, -0.15) is 0 Å². The smallest absolute Gasteiger partial charge is 0.203 e. The Kier molecular flexibility index (Phi) is 3.44. The zero-order valence-corrected chi connectivity index (χ0v) is 11.6. The summed E-state index contributed by atoms with van der Waals surface area (Å²) in [5, 5.41) is 0. The molecule has 21 heavy (non-hydrogen) atoms. The van der Waals surface area contributed by atoms with Crippen molar-refractivity contribution in [3.05, 3.63) is 59.2 Å². The SMILES string of the molecule is Cc1ccccc1C(=O)COc1ccc2c(c1)OCC2=O. The fourth-order valence-electron chi connectivity index (χ4n) is 2.28. The molecular formula is C17H14O4. The first kappa shape index (κ1) is 13.4. The summed E-state index contributed by atoms with van der Waals surface area (Å²) in [4.78, 5) is 23.6. The largest absolute Gasteiger partial charge is 0.485 e. The number of aryl methyl sites for hydroxylation is 1. The Morgan fingerprint density at radius 1 is 1.24 bits per heavy atom. The Morgan fingerprint density at radius 2 is 2.05 bits per heavy atom. The normalized spacial score (nSPS) is 12.7. The third-order valence-corrected chi connectivity index (χ3v) is 3.43. The van der Waals surface area contributed by atoms with Gasteiger partial charge < -0.3 is 9.47 Å². The maximum absolute atomic E-state index is 12.1. The molecule has 0 spiro atoms. The summed E-state index contributed by atoms with van der Waals surface area (Å²) in [6.07, 6.45) is 0. The summed E-state index contributed by atoms with van der Waals surface area (Å²) < 4.78 is 10.7. The van der Waals surface area contributed by atoms with E-state index in [1.807, 2.05) is 25.1 Å². The van der Waals surface area contributed by atoms with Crippen LogP contribution in [0, 0.1) is 6.92 Å². The Labute approximate surface area is 122 Å². The van der Waals surface area contributed by atoms with E-state index in [-0.39, 0.29) is 24.8 Å². The van der Waals surface area contributed by atoms with Gasteiger partial charge in [-0.05, 0) is 24.6 Å². The van der Waals surface area contributed by atoms with Crippen LogP contribution in [0.25, 0.3) is 0 Å². The van der Waals surface area contributed by atoms with E-state index in [4.69, 9.17) is 9.47 Å². The highest BCUT2D eigenvalue weighted by Crippen LogP contribution is 2.29. The van der Waals surface area contributed by atoms with E-state index in [1.54, 1.807) is 24.3 Å². The second kappa shape index (κ2) is 5.40. The average Bonchev–Trinajstić information content (AvgIpc) is 2.86. The van der Waals surface area contributed by atoms with E-state index in [0.717, 1.165) is 5.56 Å². The minimum atomic E-state index is -0.0782. The van der Waals surface area contributed by atoms with Crippen LogP contribution in [-0.2, 0) is 0 Å². The number of carbonyl (C=O) groups excluding carboxylic acids is 2. The van der Waals surface area contributed by atoms with Gasteiger partial charge in [-0.1, -0.05) is 24.3 Å². The van der Waals surface area contributed by atoms with Crippen molar-refractivity contribution in [1.29, 1.82) is 0 Å². The number of rotatable bonds is 4. The van der Waals surface area contributed by atoms with Gasteiger partial charge in [0.15, 0.2) is 19.0 Å². The Morgan fingerprint density at radius 3 is 2.86 bits per heavy atom. The summed E-state index contributed by atoms with van der Waals surface area (Å²) >= 11 is 0. The first-order chi connectivity index (χ1) is 10.1. The van der Waals surface area contributed by atoms with Crippen molar-refractivity contribution >= 4 is 11.6 Å². The summed E-state index contributed by atoms with van der Waals surface area (Å²) in [5.41, 5.74) is 2.15. The van der Waals surface area contributed by atoms with Gasteiger partial charge in [-0.15, -0.1) is 0 Å². The highest BCUT2D eigenvalue weighted by atomic mass is 16.5. The second-order valence-corrected chi connectivity index (χ2v) is 4.90. The molecule has 1 heterocycles. The van der Waals surface area contributed by atoms with Crippen molar-refractivity contribution in [2.75, 3.05) is 13.2 Å². The van der Waals surface area contributed by atoms with Crippen LogP contribution in [0.1, 0.15) is 26.3 Å². The number of ketones is 2. The van der Waals surface area contributed by atoms with Crippen LogP contribution in [0.3, 0.4) is 0 Å². The van der Waals surface area contributed by atoms with Gasteiger partial charge in [0.1, 0.15) is 11.5 Å². The van der Waals surface area contributed by atoms with Gasteiger partial charge in [-0.3, -0.25) is 9.59 Å². The Bertz CT molecular complexity index is 718. The van der Waals surface area contributed by atoms with Crippen LogP contribution in [0.15, 0.2) is 42.5 Å². The fourth-order valence-corrected chi connectivity index (χ4v) is 2.28. The molecule has 0 fully saturated rings. The molecule has 0 aromatic heterocycles. The molecule has 0 atom stereocenters. The molecular weight excluding hydrogens is 268 g/mol. The minimum Gasteiger partial charge on any atom is -0.485 e. The molecule has 1 aliphatic rings. The van der Waals surface area contributed by atoms with E-state index >= 15 is 0 Å². The number of benzene rings is 2.